The number of hydrogen-bond donors (Lipinski definition) is 3. The monoisotopic (exact) mass is 285 g/mol. The van der Waals surface area contributed by atoms with Crippen LogP contribution in [0.15, 0.2) is 0 Å². The highest BCUT2D eigenvalue weighted by Crippen LogP contribution is 2.19. The van der Waals surface area contributed by atoms with E-state index in [0.29, 0.717) is 25.6 Å². The Balaban J connectivity index is 1.81. The minimum absolute atomic E-state index is 0.0269. The van der Waals surface area contributed by atoms with E-state index in [1.807, 2.05) is 7.05 Å². The molecule has 2 amide bonds. The molecule has 2 saturated heterocycles. The van der Waals surface area contributed by atoms with Gasteiger partial charge in [-0.3, -0.25) is 0 Å². The van der Waals surface area contributed by atoms with Gasteiger partial charge in [-0.15, -0.1) is 0 Å². The number of carbonyl (C=O) groups is 2. The molecule has 2 unspecified atom stereocenters. The highest BCUT2D eigenvalue weighted by molar-refractivity contribution is 5.86. The zero-order valence-corrected chi connectivity index (χ0v) is 11.9. The van der Waals surface area contributed by atoms with E-state index >= 15 is 0 Å². The van der Waals surface area contributed by atoms with Gasteiger partial charge in [-0.1, -0.05) is 6.42 Å². The van der Waals surface area contributed by atoms with Crippen LogP contribution in [0.2, 0.25) is 0 Å². The lowest BCUT2D eigenvalue weighted by Gasteiger charge is -2.33. The number of hydrogen-bond acceptors (Lipinski definition) is 4. The third-order valence-electron chi connectivity index (χ3n) is 4.20. The molecule has 0 aliphatic carbocycles. The van der Waals surface area contributed by atoms with Gasteiger partial charge in [-0.25, -0.2) is 9.59 Å². The number of likely N-dealkylation sites (N-methyl/N-ethyl adjacent to an activating group) is 1. The lowest BCUT2D eigenvalue weighted by molar-refractivity contribution is -0.144. The largest absolute Gasteiger partial charge is 0.479 e. The van der Waals surface area contributed by atoms with Crippen LogP contribution in [-0.4, -0.2) is 66.9 Å². The number of urea groups is 1. The third kappa shape index (κ3) is 3.40. The van der Waals surface area contributed by atoms with Crippen molar-refractivity contribution in [3.63, 3.8) is 0 Å². The van der Waals surface area contributed by atoms with Crippen molar-refractivity contribution in [2.24, 2.45) is 0 Å². The highest BCUT2D eigenvalue weighted by atomic mass is 16.5. The van der Waals surface area contributed by atoms with Gasteiger partial charge in [0.15, 0.2) is 5.54 Å². The number of nitrogens with zero attached hydrogens (tertiary/aromatic N) is 1. The fraction of sp³-hybridized carbons (Fsp3) is 0.846. The Hall–Kier alpha value is -1.34. The van der Waals surface area contributed by atoms with E-state index in [1.54, 1.807) is 0 Å². The Morgan fingerprint density at radius 3 is 2.85 bits per heavy atom. The van der Waals surface area contributed by atoms with Crippen LogP contribution >= 0.6 is 0 Å². The molecule has 2 fully saturated rings. The van der Waals surface area contributed by atoms with Crippen molar-refractivity contribution in [2.45, 2.75) is 37.3 Å². The van der Waals surface area contributed by atoms with Crippen LogP contribution in [0.25, 0.3) is 0 Å². The van der Waals surface area contributed by atoms with E-state index in [0.717, 1.165) is 13.0 Å². The molecular formula is C13H23N3O4. The lowest BCUT2D eigenvalue weighted by Crippen LogP contribution is -2.58. The van der Waals surface area contributed by atoms with E-state index in [1.165, 1.54) is 12.8 Å². The number of amides is 2. The van der Waals surface area contributed by atoms with Crippen molar-refractivity contribution in [2.75, 3.05) is 33.4 Å². The average Bonchev–Trinajstić information content (AvgIpc) is 2.88. The molecule has 2 rings (SSSR count). The maximum Gasteiger partial charge on any atom is 0.332 e. The molecule has 0 saturated carbocycles. The number of carbonyl (C=O) groups excluding carboxylic acids is 1. The first-order valence-electron chi connectivity index (χ1n) is 7.11. The molecule has 0 aromatic heterocycles. The van der Waals surface area contributed by atoms with Crippen LogP contribution in [0, 0.1) is 0 Å². The fourth-order valence-electron chi connectivity index (χ4n) is 2.76. The first-order valence-corrected chi connectivity index (χ1v) is 7.11. The fourth-order valence-corrected chi connectivity index (χ4v) is 2.76. The van der Waals surface area contributed by atoms with Crippen LogP contribution in [-0.2, 0) is 9.53 Å². The number of rotatable bonds is 4. The summed E-state index contributed by atoms with van der Waals surface area (Å²) in [6.07, 6.45) is 3.73. The van der Waals surface area contributed by atoms with Gasteiger partial charge in [0, 0.05) is 25.6 Å². The minimum atomic E-state index is -1.28. The van der Waals surface area contributed by atoms with Crippen LogP contribution < -0.4 is 10.6 Å². The van der Waals surface area contributed by atoms with Crippen LogP contribution in [0.1, 0.15) is 25.7 Å². The van der Waals surface area contributed by atoms with Gasteiger partial charge in [-0.2, -0.15) is 0 Å². The van der Waals surface area contributed by atoms with Gasteiger partial charge in [0.1, 0.15) is 0 Å². The average molecular weight is 285 g/mol. The van der Waals surface area contributed by atoms with E-state index < -0.39 is 17.5 Å². The summed E-state index contributed by atoms with van der Waals surface area (Å²) in [5.74, 6) is -1.04. The number of piperidine rings is 1. The molecule has 2 aliphatic heterocycles. The number of likely N-dealkylation sites (tertiary alicyclic amines) is 1. The second-order valence-electron chi connectivity index (χ2n) is 5.66. The SMILES string of the molecule is CN1CCCCC1CNC(=O)NC1(C(=O)O)CCOC1. The van der Waals surface area contributed by atoms with Crippen molar-refractivity contribution < 1.29 is 19.4 Å². The maximum atomic E-state index is 11.9. The summed E-state index contributed by atoms with van der Waals surface area (Å²) in [7, 11) is 2.05. The number of carboxylic acids is 1. The van der Waals surface area contributed by atoms with Gasteiger partial charge in [0.25, 0.3) is 0 Å². The molecule has 0 spiro atoms. The van der Waals surface area contributed by atoms with Crippen molar-refractivity contribution in [3.8, 4) is 0 Å². The normalized spacial score (nSPS) is 30.9. The smallest absolute Gasteiger partial charge is 0.332 e. The summed E-state index contributed by atoms with van der Waals surface area (Å²) >= 11 is 0. The van der Waals surface area contributed by atoms with E-state index in [4.69, 9.17) is 4.74 Å². The number of ether oxygens (including phenoxy) is 1. The summed E-state index contributed by atoms with van der Waals surface area (Å²) in [5, 5.41) is 14.6. The van der Waals surface area contributed by atoms with Gasteiger partial charge in [0.2, 0.25) is 0 Å². The molecule has 20 heavy (non-hydrogen) atoms. The second-order valence-corrected chi connectivity index (χ2v) is 5.66. The molecule has 2 heterocycles. The standard InChI is InChI=1S/C13H23N3O4/c1-16-6-3-2-4-10(16)8-14-12(19)15-13(11(17)18)5-7-20-9-13/h10H,2-9H2,1H3,(H,17,18)(H2,14,15,19). The zero-order valence-electron chi connectivity index (χ0n) is 11.9. The predicted octanol–water partition coefficient (Wildman–Crippen LogP) is 0.0136. The van der Waals surface area contributed by atoms with Gasteiger partial charge in [0.05, 0.1) is 6.61 Å². The van der Waals surface area contributed by atoms with E-state index in [9.17, 15) is 14.7 Å². The summed E-state index contributed by atoms with van der Waals surface area (Å²) in [6.45, 7) is 1.97. The Morgan fingerprint density at radius 2 is 2.25 bits per heavy atom. The maximum absolute atomic E-state index is 11.9. The predicted molar refractivity (Wildman–Crippen MR) is 72.6 cm³/mol. The Kier molecular flexibility index (Phi) is 4.82. The van der Waals surface area contributed by atoms with E-state index in [-0.39, 0.29) is 6.61 Å². The number of nitrogens with one attached hydrogen (secondary N) is 2. The first-order chi connectivity index (χ1) is 9.53. The number of carboxylic acid groups (broad SMARTS) is 1. The molecule has 0 bridgehead atoms. The molecule has 0 radical (unpaired) electrons. The van der Waals surface area contributed by atoms with Crippen molar-refractivity contribution in [1.82, 2.24) is 15.5 Å². The zero-order chi connectivity index (χ0) is 14.6. The topological polar surface area (TPSA) is 90.9 Å². The molecule has 2 aliphatic rings. The number of aliphatic carboxylic acids is 1. The molecular weight excluding hydrogens is 262 g/mol. The molecule has 7 nitrogen and oxygen atoms in total. The van der Waals surface area contributed by atoms with Gasteiger partial charge < -0.3 is 25.4 Å². The summed E-state index contributed by atoms with van der Waals surface area (Å²) in [6, 6.07) is -0.105. The highest BCUT2D eigenvalue weighted by Gasteiger charge is 2.44. The van der Waals surface area contributed by atoms with Crippen LogP contribution in [0.5, 0.6) is 0 Å². The Labute approximate surface area is 118 Å². The van der Waals surface area contributed by atoms with Crippen molar-refractivity contribution in [3.05, 3.63) is 0 Å². The molecule has 2 atom stereocenters. The summed E-state index contributed by atoms with van der Waals surface area (Å²) < 4.78 is 5.10. The van der Waals surface area contributed by atoms with Crippen LogP contribution in [0.4, 0.5) is 4.79 Å². The van der Waals surface area contributed by atoms with Gasteiger partial charge in [-0.05, 0) is 26.4 Å². The molecule has 3 N–H and O–H groups in total. The second kappa shape index (κ2) is 6.41. The summed E-state index contributed by atoms with van der Waals surface area (Å²) in [4.78, 5) is 25.4. The van der Waals surface area contributed by atoms with Crippen molar-refractivity contribution in [1.29, 1.82) is 0 Å². The van der Waals surface area contributed by atoms with Crippen LogP contribution in [0.3, 0.4) is 0 Å². The summed E-state index contributed by atoms with van der Waals surface area (Å²) in [5.41, 5.74) is -1.28. The van der Waals surface area contributed by atoms with Crippen molar-refractivity contribution >= 4 is 12.0 Å². The van der Waals surface area contributed by atoms with E-state index in [2.05, 4.69) is 15.5 Å². The first kappa shape index (κ1) is 15.1. The lowest BCUT2D eigenvalue weighted by atomic mass is 9.99. The third-order valence-corrected chi connectivity index (χ3v) is 4.20. The molecule has 7 heteroatoms. The molecule has 114 valence electrons. The Bertz CT molecular complexity index is 369. The Morgan fingerprint density at radius 1 is 1.45 bits per heavy atom. The minimum Gasteiger partial charge on any atom is -0.479 e. The quantitative estimate of drug-likeness (QED) is 0.677. The van der Waals surface area contributed by atoms with Gasteiger partial charge >= 0.3 is 12.0 Å². The molecule has 0 aromatic carbocycles. The molecule has 0 aromatic rings.